The minimum Gasteiger partial charge on any atom is -0.405 e. The number of hydrogen-bond donors (Lipinski definition) is 0. The number of rotatable bonds is 2. The van der Waals surface area contributed by atoms with Crippen LogP contribution in [0.25, 0.3) is 10.9 Å². The van der Waals surface area contributed by atoms with Gasteiger partial charge >= 0.3 is 5.97 Å². The average molecular weight is 396 g/mol. The molecule has 30 heavy (non-hydrogen) atoms. The molecule has 3 aromatic rings. The molecular formula is C25H20N2O3. The maximum Gasteiger partial charge on any atom is 0.342 e. The summed E-state index contributed by atoms with van der Waals surface area (Å²) in [6.07, 6.45) is 7.08. The first-order valence-electron chi connectivity index (χ1n) is 10.3. The van der Waals surface area contributed by atoms with E-state index < -0.39 is 5.54 Å². The Labute approximate surface area is 173 Å². The Morgan fingerprint density at radius 3 is 2.67 bits per heavy atom. The maximum atomic E-state index is 13.4. The molecule has 1 saturated carbocycles. The Bertz CT molecular complexity index is 1270. The first-order valence-corrected chi connectivity index (χ1v) is 10.3. The summed E-state index contributed by atoms with van der Waals surface area (Å²) in [7, 11) is 0. The van der Waals surface area contributed by atoms with Crippen molar-refractivity contribution in [3.05, 3.63) is 84.1 Å². The van der Waals surface area contributed by atoms with Crippen molar-refractivity contribution in [2.45, 2.75) is 24.8 Å². The standard InChI is InChI=1S/C25H20N2O3/c1-15(28)27-14-20(19-9-5-6-10-21(19)27)22-17-11-12-18(13-17)25(22)24(29)30-23(26-25)16-7-3-2-4-8-16/h2-12,14,17-18,22H,13H2,1H3/t17?,18?,22-,25-/m0/s1. The van der Waals surface area contributed by atoms with Crippen molar-refractivity contribution in [2.24, 2.45) is 16.8 Å². The summed E-state index contributed by atoms with van der Waals surface area (Å²) in [6.45, 7) is 1.56. The first kappa shape index (κ1) is 17.4. The molecule has 2 heterocycles. The summed E-state index contributed by atoms with van der Waals surface area (Å²) in [5.41, 5.74) is 1.68. The minimum atomic E-state index is -0.976. The lowest BCUT2D eigenvalue weighted by Gasteiger charge is -2.32. The number of cyclic esters (lactones) is 1. The van der Waals surface area contributed by atoms with E-state index in [-0.39, 0.29) is 29.6 Å². The van der Waals surface area contributed by atoms with Crippen LogP contribution in [0.1, 0.15) is 35.2 Å². The van der Waals surface area contributed by atoms with E-state index in [9.17, 15) is 9.59 Å². The minimum absolute atomic E-state index is 0.000604. The lowest BCUT2D eigenvalue weighted by Crippen LogP contribution is -2.44. The Morgan fingerprint density at radius 2 is 1.87 bits per heavy atom. The number of carbonyl (C=O) groups is 2. The quantitative estimate of drug-likeness (QED) is 0.478. The second-order valence-corrected chi connectivity index (χ2v) is 8.36. The Hall–Kier alpha value is -3.47. The molecule has 4 atom stereocenters. The lowest BCUT2D eigenvalue weighted by atomic mass is 9.72. The van der Waals surface area contributed by atoms with Crippen molar-refractivity contribution in [1.82, 2.24) is 4.57 Å². The zero-order chi connectivity index (χ0) is 20.5. The highest BCUT2D eigenvalue weighted by molar-refractivity contribution is 6.09. The predicted molar refractivity (Wildman–Crippen MR) is 114 cm³/mol. The zero-order valence-electron chi connectivity index (χ0n) is 16.5. The molecule has 148 valence electrons. The van der Waals surface area contributed by atoms with Crippen molar-refractivity contribution < 1.29 is 14.3 Å². The summed E-state index contributed by atoms with van der Waals surface area (Å²) in [5.74, 6) is 0.0809. The van der Waals surface area contributed by atoms with Crippen LogP contribution >= 0.6 is 0 Å². The van der Waals surface area contributed by atoms with E-state index in [1.807, 2.05) is 60.8 Å². The van der Waals surface area contributed by atoms with Gasteiger partial charge in [-0.05, 0) is 36.1 Å². The maximum absolute atomic E-state index is 13.4. The third kappa shape index (κ3) is 2.15. The second-order valence-electron chi connectivity index (χ2n) is 8.36. The topological polar surface area (TPSA) is 60.7 Å². The highest BCUT2D eigenvalue weighted by Gasteiger charge is 2.65. The van der Waals surface area contributed by atoms with E-state index in [0.29, 0.717) is 5.90 Å². The number of allylic oxidation sites excluding steroid dienone is 1. The summed E-state index contributed by atoms with van der Waals surface area (Å²) in [6, 6.07) is 17.4. The molecule has 0 radical (unpaired) electrons. The number of carbonyl (C=O) groups excluding carboxylic acids is 2. The van der Waals surface area contributed by atoms with Crippen LogP contribution in [0.3, 0.4) is 0 Å². The monoisotopic (exact) mass is 396 g/mol. The van der Waals surface area contributed by atoms with Gasteiger partial charge in [-0.25, -0.2) is 9.79 Å². The van der Waals surface area contributed by atoms with Crippen molar-refractivity contribution in [2.75, 3.05) is 0 Å². The number of aromatic nitrogens is 1. The number of para-hydroxylation sites is 1. The molecule has 5 nitrogen and oxygen atoms in total. The summed E-state index contributed by atoms with van der Waals surface area (Å²) >= 11 is 0. The molecule has 2 unspecified atom stereocenters. The van der Waals surface area contributed by atoms with E-state index in [1.54, 1.807) is 11.5 Å². The zero-order valence-corrected chi connectivity index (χ0v) is 16.5. The van der Waals surface area contributed by atoms with Gasteiger partial charge in [0.15, 0.2) is 5.54 Å². The van der Waals surface area contributed by atoms with E-state index in [4.69, 9.17) is 9.73 Å². The van der Waals surface area contributed by atoms with E-state index in [2.05, 4.69) is 12.2 Å². The second kappa shape index (κ2) is 6.02. The molecule has 0 saturated heterocycles. The number of esters is 1. The van der Waals surface area contributed by atoms with Gasteiger partial charge in [-0.15, -0.1) is 0 Å². The van der Waals surface area contributed by atoms with Crippen LogP contribution in [0.15, 0.2) is 77.9 Å². The van der Waals surface area contributed by atoms with Crippen LogP contribution < -0.4 is 0 Å². The highest BCUT2D eigenvalue weighted by Crippen LogP contribution is 2.60. The fourth-order valence-electron chi connectivity index (χ4n) is 5.58. The summed E-state index contributed by atoms with van der Waals surface area (Å²) < 4.78 is 7.44. The molecule has 5 heteroatoms. The Morgan fingerprint density at radius 1 is 1.10 bits per heavy atom. The van der Waals surface area contributed by atoms with Gasteiger partial charge < -0.3 is 4.74 Å². The number of fused-ring (bicyclic) bond motifs is 4. The first-order chi connectivity index (χ1) is 14.6. The van der Waals surface area contributed by atoms with Crippen LogP contribution in [-0.2, 0) is 9.53 Å². The number of nitrogens with zero attached hydrogens (tertiary/aromatic N) is 2. The third-order valence-electron chi connectivity index (χ3n) is 6.83. The van der Waals surface area contributed by atoms with Gasteiger partial charge in [0, 0.05) is 35.9 Å². The van der Waals surface area contributed by atoms with Gasteiger partial charge in [0.25, 0.3) is 0 Å². The van der Waals surface area contributed by atoms with Crippen molar-refractivity contribution >= 4 is 28.7 Å². The van der Waals surface area contributed by atoms with Crippen LogP contribution in [-0.4, -0.2) is 27.9 Å². The highest BCUT2D eigenvalue weighted by atomic mass is 16.6. The van der Waals surface area contributed by atoms with Gasteiger partial charge in [0.1, 0.15) is 0 Å². The van der Waals surface area contributed by atoms with Crippen LogP contribution in [0.4, 0.5) is 0 Å². The fourth-order valence-corrected chi connectivity index (χ4v) is 5.58. The normalized spacial score (nSPS) is 29.0. The molecule has 1 fully saturated rings. The Balaban J connectivity index is 1.57. The molecule has 1 spiro atoms. The van der Waals surface area contributed by atoms with Gasteiger partial charge in [-0.3, -0.25) is 9.36 Å². The van der Waals surface area contributed by atoms with Crippen LogP contribution in [0, 0.1) is 11.8 Å². The molecule has 1 aromatic heterocycles. The number of benzene rings is 2. The van der Waals surface area contributed by atoms with Crippen molar-refractivity contribution in [1.29, 1.82) is 0 Å². The fraction of sp³-hybridized carbons (Fsp3) is 0.240. The van der Waals surface area contributed by atoms with Gasteiger partial charge in [-0.1, -0.05) is 48.6 Å². The van der Waals surface area contributed by atoms with Gasteiger partial charge in [0.2, 0.25) is 11.8 Å². The molecule has 3 aliphatic rings. The molecule has 2 aromatic carbocycles. The molecule has 6 rings (SSSR count). The number of ether oxygens (including phenoxy) is 1. The largest absolute Gasteiger partial charge is 0.405 e. The molecule has 0 amide bonds. The van der Waals surface area contributed by atoms with Gasteiger partial charge in [-0.2, -0.15) is 0 Å². The van der Waals surface area contributed by atoms with Crippen LogP contribution in [0.5, 0.6) is 0 Å². The molecule has 2 bridgehead atoms. The van der Waals surface area contributed by atoms with Crippen molar-refractivity contribution in [3.8, 4) is 0 Å². The summed E-state index contributed by atoms with van der Waals surface area (Å²) in [5, 5.41) is 0.995. The molecule has 1 aliphatic heterocycles. The lowest BCUT2D eigenvalue weighted by molar-refractivity contribution is -0.140. The molecule has 2 aliphatic carbocycles. The smallest absolute Gasteiger partial charge is 0.342 e. The number of aliphatic imine (C=N–C) groups is 1. The van der Waals surface area contributed by atoms with Crippen LogP contribution in [0.2, 0.25) is 0 Å². The number of hydrogen-bond acceptors (Lipinski definition) is 4. The van der Waals surface area contributed by atoms with Gasteiger partial charge in [0.05, 0.1) is 5.52 Å². The Kier molecular flexibility index (Phi) is 3.49. The van der Waals surface area contributed by atoms with E-state index in [0.717, 1.165) is 28.5 Å². The van der Waals surface area contributed by atoms with E-state index >= 15 is 0 Å². The molecular weight excluding hydrogens is 376 g/mol. The predicted octanol–water partition coefficient (Wildman–Crippen LogP) is 4.33. The SMILES string of the molecule is CC(=O)n1cc([C@@H]2C3C=CC(C3)[C@]23N=C(c2ccccc2)OC3=O)c2ccccc21. The third-order valence-corrected chi connectivity index (χ3v) is 6.83. The summed E-state index contributed by atoms with van der Waals surface area (Å²) in [4.78, 5) is 30.7. The van der Waals surface area contributed by atoms with E-state index in [1.165, 1.54) is 0 Å². The van der Waals surface area contributed by atoms with Crippen molar-refractivity contribution in [3.63, 3.8) is 0 Å². The average Bonchev–Trinajstić information content (AvgIpc) is 3.51. The molecule has 0 N–H and O–H groups in total.